The molecular weight excluding hydrogens is 675 g/mol. The van der Waals surface area contributed by atoms with Gasteiger partial charge < -0.3 is 9.47 Å². The minimum absolute atomic E-state index is 0.182. The monoisotopic (exact) mass is 707 g/mol. The molecule has 0 bridgehead atoms. The molecule has 2 unspecified atom stereocenters. The Morgan fingerprint density at radius 3 is 1.95 bits per heavy atom. The summed E-state index contributed by atoms with van der Waals surface area (Å²) in [5, 5.41) is 2.16. The van der Waals surface area contributed by atoms with Crippen LogP contribution in [0, 0.1) is 0 Å². The predicted molar refractivity (Wildman–Crippen MR) is 223 cm³/mol. The van der Waals surface area contributed by atoms with Crippen LogP contribution < -0.4 is 9.80 Å². The summed E-state index contributed by atoms with van der Waals surface area (Å²) in [5.74, 6) is -0.381. The van der Waals surface area contributed by atoms with Crippen molar-refractivity contribution in [3.05, 3.63) is 205 Å². The number of aromatic nitrogens is 1. The van der Waals surface area contributed by atoms with Gasteiger partial charge in [-0.25, -0.2) is 4.90 Å². The maximum absolute atomic E-state index is 15.0. The molecule has 0 N–H and O–H groups in total. The van der Waals surface area contributed by atoms with Gasteiger partial charge >= 0.3 is 0 Å². The smallest absolute Gasteiger partial charge is 0.268 e. The van der Waals surface area contributed by atoms with Crippen molar-refractivity contribution < 1.29 is 9.59 Å². The number of benzene rings is 7. The highest BCUT2D eigenvalue weighted by molar-refractivity contribution is 6.37. The number of rotatable bonds is 5. The van der Waals surface area contributed by atoms with Crippen LogP contribution in [0.3, 0.4) is 0 Å². The number of carbonyl (C=O) groups is 2. The van der Waals surface area contributed by atoms with Gasteiger partial charge in [0.2, 0.25) is 0 Å². The third-order valence-electron chi connectivity index (χ3n) is 11.5. The van der Waals surface area contributed by atoms with Crippen LogP contribution in [0.25, 0.3) is 49.7 Å². The van der Waals surface area contributed by atoms with Gasteiger partial charge in [0.1, 0.15) is 0 Å². The molecule has 0 radical (unpaired) electrons. The molecule has 7 aromatic carbocycles. The van der Waals surface area contributed by atoms with E-state index in [0.29, 0.717) is 22.5 Å². The molecule has 3 aliphatic rings. The van der Waals surface area contributed by atoms with E-state index in [9.17, 15) is 9.59 Å². The van der Waals surface area contributed by atoms with Crippen molar-refractivity contribution in [1.82, 2.24) is 4.57 Å². The van der Waals surface area contributed by atoms with Crippen LogP contribution in [0.5, 0.6) is 0 Å². The number of hydrogen-bond acceptors (Lipinski definition) is 3. The van der Waals surface area contributed by atoms with E-state index >= 15 is 0 Å². The molecule has 5 heteroatoms. The zero-order valence-electron chi connectivity index (χ0n) is 29.7. The SMILES string of the molecule is O=C1c2cccc(-n3c4ccccc4c4cc(N5c6ccccc6C6C=CC=CC65)ccc43)c2C(=O)N1c1cccc(-c2ccccc2)c1-c1ccccc1. The highest BCUT2D eigenvalue weighted by Gasteiger charge is 2.41. The van der Waals surface area contributed by atoms with E-state index in [4.69, 9.17) is 0 Å². The van der Waals surface area contributed by atoms with Crippen molar-refractivity contribution >= 4 is 50.7 Å². The first-order chi connectivity index (χ1) is 27.2. The lowest BCUT2D eigenvalue weighted by Gasteiger charge is -2.28. The zero-order valence-corrected chi connectivity index (χ0v) is 29.7. The normalized spacial score (nSPS) is 16.9. The second-order valence-corrected chi connectivity index (χ2v) is 14.3. The fourth-order valence-corrected chi connectivity index (χ4v) is 9.13. The molecule has 2 atom stereocenters. The first kappa shape index (κ1) is 31.3. The number of para-hydroxylation sites is 2. The molecule has 260 valence electrons. The fraction of sp³-hybridized carbons (Fsp3) is 0.0400. The summed E-state index contributed by atoms with van der Waals surface area (Å²) in [6.45, 7) is 0. The summed E-state index contributed by atoms with van der Waals surface area (Å²) >= 11 is 0. The summed E-state index contributed by atoms with van der Waals surface area (Å²) in [5.41, 5.74) is 11.4. The number of allylic oxidation sites excluding steroid dienone is 2. The zero-order chi connectivity index (χ0) is 36.6. The molecule has 11 rings (SSSR count). The maximum Gasteiger partial charge on any atom is 0.268 e. The topological polar surface area (TPSA) is 45.6 Å². The Kier molecular flexibility index (Phi) is 6.92. The van der Waals surface area contributed by atoms with Crippen LogP contribution in [0.15, 0.2) is 188 Å². The Balaban J connectivity index is 1.08. The number of hydrogen-bond donors (Lipinski definition) is 0. The Bertz CT molecular complexity index is 2940. The van der Waals surface area contributed by atoms with Crippen LogP contribution >= 0.6 is 0 Å². The van der Waals surface area contributed by atoms with Gasteiger partial charge in [-0.05, 0) is 70.8 Å². The third-order valence-corrected chi connectivity index (χ3v) is 11.5. The van der Waals surface area contributed by atoms with E-state index in [2.05, 4.69) is 113 Å². The van der Waals surface area contributed by atoms with E-state index in [1.54, 1.807) is 6.07 Å². The molecule has 2 amide bonds. The van der Waals surface area contributed by atoms with Crippen molar-refractivity contribution in [3.8, 4) is 27.9 Å². The molecule has 5 nitrogen and oxygen atoms in total. The molecule has 55 heavy (non-hydrogen) atoms. The lowest BCUT2D eigenvalue weighted by Crippen LogP contribution is -2.30. The Hall–Kier alpha value is -7.24. The first-order valence-corrected chi connectivity index (χ1v) is 18.7. The largest absolute Gasteiger partial charge is 0.333 e. The Morgan fingerprint density at radius 2 is 1.11 bits per heavy atom. The highest BCUT2D eigenvalue weighted by atomic mass is 16.2. The molecule has 3 heterocycles. The number of anilines is 3. The lowest BCUT2D eigenvalue weighted by atomic mass is 9.91. The van der Waals surface area contributed by atoms with E-state index in [1.807, 2.05) is 78.9 Å². The molecule has 0 saturated heterocycles. The molecule has 0 spiro atoms. The molecule has 8 aromatic rings. The van der Waals surface area contributed by atoms with Crippen molar-refractivity contribution in [2.45, 2.75) is 12.0 Å². The maximum atomic E-state index is 15.0. The number of nitrogens with zero attached hydrogens (tertiary/aromatic N) is 3. The van der Waals surface area contributed by atoms with Gasteiger partial charge in [0.25, 0.3) is 11.8 Å². The van der Waals surface area contributed by atoms with Gasteiger partial charge in [-0.1, -0.05) is 140 Å². The number of fused-ring (bicyclic) bond motifs is 7. The molecule has 1 aromatic heterocycles. The van der Waals surface area contributed by atoms with Crippen molar-refractivity contribution in [2.75, 3.05) is 9.80 Å². The number of carbonyl (C=O) groups excluding carboxylic acids is 2. The van der Waals surface area contributed by atoms with Crippen LogP contribution in [0.2, 0.25) is 0 Å². The van der Waals surface area contributed by atoms with E-state index < -0.39 is 0 Å². The first-order valence-electron chi connectivity index (χ1n) is 18.7. The van der Waals surface area contributed by atoms with Gasteiger partial charge in [-0.3, -0.25) is 9.59 Å². The predicted octanol–water partition coefficient (Wildman–Crippen LogP) is 11.6. The standard InChI is InChI=1S/C50H33N3O2/c54-49-39-23-14-28-46(48(39)50(55)53(49)45-27-13-22-35(32-15-3-1-4-16-32)47(45)33-17-5-2-6-18-33)52-43-26-12-9-21-38(43)40-31-34(29-30-44(40)52)51-41-24-10-7-19-36(41)37-20-8-11-25-42(37)51/h1-31,36,41H. The third kappa shape index (κ3) is 4.60. The summed E-state index contributed by atoms with van der Waals surface area (Å²) in [6, 6.07) is 55.5. The van der Waals surface area contributed by atoms with Gasteiger partial charge in [0.05, 0.1) is 39.6 Å². The van der Waals surface area contributed by atoms with Crippen molar-refractivity contribution in [1.29, 1.82) is 0 Å². The molecule has 0 saturated carbocycles. The van der Waals surface area contributed by atoms with Crippen LogP contribution in [-0.4, -0.2) is 22.4 Å². The summed E-state index contributed by atoms with van der Waals surface area (Å²) in [6.07, 6.45) is 8.87. The average molecular weight is 708 g/mol. The average Bonchev–Trinajstić information content (AvgIpc) is 3.85. The minimum Gasteiger partial charge on any atom is -0.333 e. The van der Waals surface area contributed by atoms with E-state index in [0.717, 1.165) is 49.7 Å². The lowest BCUT2D eigenvalue weighted by molar-refractivity contribution is 0.0926. The van der Waals surface area contributed by atoms with Gasteiger partial charge in [-0.15, -0.1) is 0 Å². The summed E-state index contributed by atoms with van der Waals surface area (Å²) in [4.78, 5) is 33.4. The molecule has 0 fully saturated rings. The van der Waals surface area contributed by atoms with Crippen molar-refractivity contribution in [2.24, 2.45) is 0 Å². The Labute approximate surface area is 318 Å². The van der Waals surface area contributed by atoms with Crippen LogP contribution in [0.1, 0.15) is 32.2 Å². The molecular formula is C50H33N3O2. The van der Waals surface area contributed by atoms with Crippen molar-refractivity contribution in [3.63, 3.8) is 0 Å². The van der Waals surface area contributed by atoms with Crippen LogP contribution in [0.4, 0.5) is 17.1 Å². The second-order valence-electron chi connectivity index (χ2n) is 14.3. The van der Waals surface area contributed by atoms with E-state index in [1.165, 1.54) is 16.2 Å². The Morgan fingerprint density at radius 1 is 0.455 bits per heavy atom. The molecule has 1 aliphatic carbocycles. The van der Waals surface area contributed by atoms with Gasteiger partial charge in [0, 0.05) is 33.6 Å². The van der Waals surface area contributed by atoms with Gasteiger partial charge in [0.15, 0.2) is 0 Å². The quantitative estimate of drug-likeness (QED) is 0.167. The number of amides is 2. The second kappa shape index (κ2) is 12.2. The van der Waals surface area contributed by atoms with Gasteiger partial charge in [-0.2, -0.15) is 0 Å². The highest BCUT2D eigenvalue weighted by Crippen LogP contribution is 2.49. The summed E-state index contributed by atoms with van der Waals surface area (Å²) in [7, 11) is 0. The van der Waals surface area contributed by atoms with Crippen LogP contribution in [-0.2, 0) is 0 Å². The number of imide groups is 1. The van der Waals surface area contributed by atoms with E-state index in [-0.39, 0.29) is 23.8 Å². The fourth-order valence-electron chi connectivity index (χ4n) is 9.13. The minimum atomic E-state index is -0.336. The molecule has 2 aliphatic heterocycles. The summed E-state index contributed by atoms with van der Waals surface area (Å²) < 4.78 is 2.16.